The van der Waals surface area contributed by atoms with Crippen LogP contribution in [0.15, 0.2) is 48.2 Å². The molecule has 0 fully saturated rings. The van der Waals surface area contributed by atoms with E-state index in [4.69, 9.17) is 5.73 Å². The summed E-state index contributed by atoms with van der Waals surface area (Å²) in [6.07, 6.45) is 7.22. The van der Waals surface area contributed by atoms with Crippen molar-refractivity contribution in [3.05, 3.63) is 59.3 Å². The summed E-state index contributed by atoms with van der Waals surface area (Å²) in [6, 6.07) is 8.57. The highest BCUT2D eigenvalue weighted by atomic mass is 14.6. The van der Waals surface area contributed by atoms with Crippen molar-refractivity contribution in [2.45, 2.75) is 19.3 Å². The zero-order valence-electron chi connectivity index (χ0n) is 8.40. The van der Waals surface area contributed by atoms with Gasteiger partial charge in [0.2, 0.25) is 0 Å². The van der Waals surface area contributed by atoms with Crippen LogP contribution in [0.4, 0.5) is 0 Å². The van der Waals surface area contributed by atoms with E-state index in [1.54, 1.807) is 0 Å². The Hall–Kier alpha value is -1.50. The molecule has 0 saturated carbocycles. The summed E-state index contributed by atoms with van der Waals surface area (Å²) in [6.45, 7) is 2.11. The number of hydrogen-bond acceptors (Lipinski definition) is 1. The molecule has 0 amide bonds. The van der Waals surface area contributed by atoms with Crippen LogP contribution in [-0.4, -0.2) is 0 Å². The Morgan fingerprint density at radius 1 is 1.36 bits per heavy atom. The van der Waals surface area contributed by atoms with Gasteiger partial charge in [0.15, 0.2) is 0 Å². The molecule has 72 valence electrons. The molecule has 0 spiro atoms. The van der Waals surface area contributed by atoms with Crippen molar-refractivity contribution >= 4 is 0 Å². The van der Waals surface area contributed by atoms with Gasteiger partial charge in [-0.1, -0.05) is 42.0 Å². The lowest BCUT2D eigenvalue weighted by molar-refractivity contribution is 0.785. The predicted molar refractivity (Wildman–Crippen MR) is 59.9 cm³/mol. The molecule has 0 unspecified atom stereocenters. The van der Waals surface area contributed by atoms with Gasteiger partial charge in [0.1, 0.15) is 0 Å². The summed E-state index contributed by atoms with van der Waals surface area (Å²) in [5, 5.41) is 0. The van der Waals surface area contributed by atoms with E-state index in [0.717, 1.165) is 12.1 Å². The lowest BCUT2D eigenvalue weighted by Crippen LogP contribution is -2.11. The smallest absolute Gasteiger partial charge is 0.0270 e. The molecule has 1 heteroatoms. The summed E-state index contributed by atoms with van der Waals surface area (Å²) in [4.78, 5) is 0. The van der Waals surface area contributed by atoms with Gasteiger partial charge < -0.3 is 5.73 Å². The van der Waals surface area contributed by atoms with Crippen LogP contribution in [0.3, 0.4) is 0 Å². The standard InChI is InChI=1S/C13H15N/c1-10-5-4-6-11(9-10)12-7-2-3-8-13(12)14/h2-6,8-9,12H,7,14H2,1H3/t12-/m0/s1. The SMILES string of the molecule is Cc1cccc([C@@H]2CC=CC=C2N)c1. The minimum Gasteiger partial charge on any atom is -0.402 e. The summed E-state index contributed by atoms with van der Waals surface area (Å²) in [5.41, 5.74) is 9.56. The molecule has 1 aromatic carbocycles. The molecule has 14 heavy (non-hydrogen) atoms. The summed E-state index contributed by atoms with van der Waals surface area (Å²) >= 11 is 0. The van der Waals surface area contributed by atoms with Crippen LogP contribution < -0.4 is 5.73 Å². The van der Waals surface area contributed by atoms with Crippen LogP contribution in [0.25, 0.3) is 0 Å². The lowest BCUT2D eigenvalue weighted by atomic mass is 9.89. The molecular formula is C13H15N. The summed E-state index contributed by atoms with van der Waals surface area (Å²) in [7, 11) is 0. The number of aryl methyl sites for hydroxylation is 1. The van der Waals surface area contributed by atoms with E-state index in [0.29, 0.717) is 5.92 Å². The van der Waals surface area contributed by atoms with E-state index in [1.807, 2.05) is 12.2 Å². The Labute approximate surface area is 84.9 Å². The van der Waals surface area contributed by atoms with Crippen LogP contribution in [0, 0.1) is 6.92 Å². The second-order valence-electron chi connectivity index (χ2n) is 3.80. The second-order valence-corrected chi connectivity index (χ2v) is 3.80. The molecule has 0 saturated heterocycles. The average Bonchev–Trinajstić information content (AvgIpc) is 2.18. The molecule has 0 aliphatic heterocycles. The van der Waals surface area contributed by atoms with Crippen LogP contribution in [-0.2, 0) is 0 Å². The predicted octanol–water partition coefficient (Wildman–Crippen LogP) is 2.88. The second kappa shape index (κ2) is 3.70. The molecule has 1 aliphatic rings. The molecular weight excluding hydrogens is 170 g/mol. The largest absolute Gasteiger partial charge is 0.402 e. The molecule has 1 aromatic rings. The van der Waals surface area contributed by atoms with Crippen molar-refractivity contribution in [2.24, 2.45) is 5.73 Å². The van der Waals surface area contributed by atoms with Gasteiger partial charge in [0, 0.05) is 11.6 Å². The third-order valence-electron chi connectivity index (χ3n) is 2.64. The topological polar surface area (TPSA) is 26.0 Å². The van der Waals surface area contributed by atoms with Gasteiger partial charge in [-0.25, -0.2) is 0 Å². The molecule has 0 heterocycles. The van der Waals surface area contributed by atoms with E-state index in [2.05, 4.69) is 37.3 Å². The van der Waals surface area contributed by atoms with Crippen molar-refractivity contribution in [2.75, 3.05) is 0 Å². The van der Waals surface area contributed by atoms with Crippen molar-refractivity contribution in [1.29, 1.82) is 0 Å². The van der Waals surface area contributed by atoms with E-state index in [-0.39, 0.29) is 0 Å². The van der Waals surface area contributed by atoms with Crippen molar-refractivity contribution in [3.8, 4) is 0 Å². The van der Waals surface area contributed by atoms with Crippen LogP contribution >= 0.6 is 0 Å². The quantitative estimate of drug-likeness (QED) is 0.715. The normalized spacial score (nSPS) is 20.6. The highest BCUT2D eigenvalue weighted by Crippen LogP contribution is 2.28. The minimum absolute atomic E-state index is 0.375. The third kappa shape index (κ3) is 1.72. The molecule has 0 radical (unpaired) electrons. The number of rotatable bonds is 1. The maximum Gasteiger partial charge on any atom is 0.0270 e. The number of nitrogens with two attached hydrogens (primary N) is 1. The zero-order valence-corrected chi connectivity index (χ0v) is 8.40. The Morgan fingerprint density at radius 2 is 2.21 bits per heavy atom. The fourth-order valence-electron chi connectivity index (χ4n) is 1.86. The lowest BCUT2D eigenvalue weighted by Gasteiger charge is -2.18. The number of benzene rings is 1. The Balaban J connectivity index is 2.32. The van der Waals surface area contributed by atoms with E-state index >= 15 is 0 Å². The minimum atomic E-state index is 0.375. The van der Waals surface area contributed by atoms with Crippen LogP contribution in [0.1, 0.15) is 23.5 Å². The molecule has 1 aliphatic carbocycles. The molecule has 1 atom stereocenters. The van der Waals surface area contributed by atoms with Gasteiger partial charge in [0.05, 0.1) is 0 Å². The van der Waals surface area contributed by atoms with Crippen molar-refractivity contribution in [3.63, 3.8) is 0 Å². The first-order valence-corrected chi connectivity index (χ1v) is 4.96. The Kier molecular flexibility index (Phi) is 2.40. The van der Waals surface area contributed by atoms with E-state index in [1.165, 1.54) is 11.1 Å². The van der Waals surface area contributed by atoms with Gasteiger partial charge in [-0.2, -0.15) is 0 Å². The highest BCUT2D eigenvalue weighted by Gasteiger charge is 2.14. The first-order valence-electron chi connectivity index (χ1n) is 4.96. The monoisotopic (exact) mass is 185 g/mol. The molecule has 1 nitrogen and oxygen atoms in total. The Bertz CT molecular complexity index is 388. The highest BCUT2D eigenvalue weighted by molar-refractivity contribution is 5.35. The fraction of sp³-hybridized carbons (Fsp3) is 0.231. The molecule has 0 bridgehead atoms. The Morgan fingerprint density at radius 3 is 2.93 bits per heavy atom. The maximum absolute atomic E-state index is 5.97. The number of hydrogen-bond donors (Lipinski definition) is 1. The average molecular weight is 185 g/mol. The molecule has 0 aromatic heterocycles. The van der Waals surface area contributed by atoms with Crippen molar-refractivity contribution < 1.29 is 0 Å². The van der Waals surface area contributed by atoms with Gasteiger partial charge in [0.25, 0.3) is 0 Å². The molecule has 2 N–H and O–H groups in total. The first kappa shape index (κ1) is 9.07. The zero-order chi connectivity index (χ0) is 9.97. The molecule has 2 rings (SSSR count). The van der Waals surface area contributed by atoms with E-state index in [9.17, 15) is 0 Å². The maximum atomic E-state index is 5.97. The summed E-state index contributed by atoms with van der Waals surface area (Å²) in [5.74, 6) is 0.375. The van der Waals surface area contributed by atoms with Crippen LogP contribution in [0.5, 0.6) is 0 Å². The number of allylic oxidation sites excluding steroid dienone is 4. The van der Waals surface area contributed by atoms with E-state index < -0.39 is 0 Å². The third-order valence-corrected chi connectivity index (χ3v) is 2.64. The fourth-order valence-corrected chi connectivity index (χ4v) is 1.86. The van der Waals surface area contributed by atoms with Crippen LogP contribution in [0.2, 0.25) is 0 Å². The summed E-state index contributed by atoms with van der Waals surface area (Å²) < 4.78 is 0. The van der Waals surface area contributed by atoms with Gasteiger partial charge in [-0.3, -0.25) is 0 Å². The van der Waals surface area contributed by atoms with Gasteiger partial charge in [-0.05, 0) is 25.0 Å². The van der Waals surface area contributed by atoms with Gasteiger partial charge in [-0.15, -0.1) is 0 Å². The van der Waals surface area contributed by atoms with Gasteiger partial charge >= 0.3 is 0 Å². The van der Waals surface area contributed by atoms with Crippen molar-refractivity contribution in [1.82, 2.24) is 0 Å². The first-order chi connectivity index (χ1) is 6.77.